The van der Waals surface area contributed by atoms with E-state index in [1.165, 1.54) is 33.1 Å². The average molecular weight is 985 g/mol. The van der Waals surface area contributed by atoms with Crippen LogP contribution in [-0.4, -0.2) is 136 Å². The lowest BCUT2D eigenvalue weighted by atomic mass is 9.87. The summed E-state index contributed by atoms with van der Waals surface area (Å²) in [5.41, 5.74) is 4.42. The fourth-order valence-electron chi connectivity index (χ4n) is 5.79. The predicted octanol–water partition coefficient (Wildman–Crippen LogP) is -0.168. The number of phosphoric acid groups is 3. The number of carbonyl (C=O) groups is 4. The summed E-state index contributed by atoms with van der Waals surface area (Å²) in [6, 6.07) is 2.89. The van der Waals surface area contributed by atoms with Gasteiger partial charge in [0, 0.05) is 36.7 Å². The molecule has 3 aromatic rings. The normalized spacial score (nSPS) is 21.2. The number of fused-ring (bicyclic) bond motifs is 2. The van der Waals surface area contributed by atoms with Crippen LogP contribution in [-0.2, 0) is 50.7 Å². The number of imidazole rings is 1. The zero-order chi connectivity index (χ0) is 47.4. The Kier molecular flexibility index (Phi) is 16.1. The number of benzene rings is 1. The molecular weight excluding hydrogens is 941 g/mol. The standard InChI is InChI=1S/C32H43N8O20P3S/c1-15-28(44)39-21-17(9-16(54-4)10-18(21)57-15)31(46)64-8-7-34-20(41)5-6-35-29(45)25(43)32(2,3)12-56-63(52,53)60-62(50,51)55-11-19-24(59-61(47,48)49)23(42)30(58-19)40-14-38-22-26(33)36-13-37-27(22)40/h9-10,13-14,19,23-25,30,42-43H,1,5-8,11-12H2,2-4H3,(H,34,41)(H,35,45)(H,39,44)(H,50,51)(H,52,53)(H2,33,36,37)(H2,47,48,49). The average Bonchev–Trinajstić information content (AvgIpc) is 3.77. The first-order valence-electron chi connectivity index (χ1n) is 18.3. The number of amides is 3. The zero-order valence-electron chi connectivity index (χ0n) is 33.7. The monoisotopic (exact) mass is 984 g/mol. The minimum absolute atomic E-state index is 0.0166. The number of hydrogen-bond donors (Lipinski definition) is 10. The van der Waals surface area contributed by atoms with Crippen LogP contribution in [0.2, 0.25) is 0 Å². The number of nitrogens with two attached hydrogens (primary N) is 1. The molecule has 32 heteroatoms. The van der Waals surface area contributed by atoms with Gasteiger partial charge < -0.3 is 65.7 Å². The minimum atomic E-state index is -5.61. The Balaban J connectivity index is 1.05. The maximum atomic E-state index is 13.0. The smallest absolute Gasteiger partial charge is 0.481 e. The summed E-state index contributed by atoms with van der Waals surface area (Å²) in [6.07, 6.45) is -7.17. The highest BCUT2D eigenvalue weighted by molar-refractivity contribution is 8.14. The van der Waals surface area contributed by atoms with Crippen molar-refractivity contribution >= 4 is 80.7 Å². The van der Waals surface area contributed by atoms with Crippen LogP contribution in [0.5, 0.6) is 11.5 Å². The molecule has 1 fully saturated rings. The number of anilines is 2. The van der Waals surface area contributed by atoms with Gasteiger partial charge in [0.1, 0.15) is 42.0 Å². The van der Waals surface area contributed by atoms with Crippen LogP contribution in [0.15, 0.2) is 37.1 Å². The van der Waals surface area contributed by atoms with Crippen LogP contribution in [0.1, 0.15) is 36.9 Å². The molecule has 0 saturated carbocycles. The van der Waals surface area contributed by atoms with E-state index in [4.69, 9.17) is 29.0 Å². The van der Waals surface area contributed by atoms with E-state index >= 15 is 0 Å². The van der Waals surface area contributed by atoms with Gasteiger partial charge in [0.15, 0.2) is 29.2 Å². The third kappa shape index (κ3) is 12.9. The molecule has 1 aromatic carbocycles. The number of aromatic nitrogens is 4. The van der Waals surface area contributed by atoms with Crippen molar-refractivity contribution in [2.45, 2.75) is 50.9 Å². The van der Waals surface area contributed by atoms with Crippen LogP contribution in [0.3, 0.4) is 0 Å². The fraction of sp³-hybridized carbons (Fsp3) is 0.469. The number of rotatable bonds is 21. The van der Waals surface area contributed by atoms with Gasteiger partial charge in [-0.15, -0.1) is 0 Å². The van der Waals surface area contributed by atoms with Crippen LogP contribution in [0.25, 0.3) is 11.2 Å². The molecule has 5 rings (SSSR count). The SMILES string of the molecule is C=C1Oc2cc(OC)cc(C(=O)SCCNC(=O)CCNC(=O)C(O)C(C)(C)COP(=O)(O)OP(=O)(O)OCC3OC(n4cnc5c(N)ncnc54)C(O)C3OP(=O)(O)O)c2NC1=O. The molecular formula is C32H43N8O20P3S. The summed E-state index contributed by atoms with van der Waals surface area (Å²) in [6.45, 7) is 3.61. The summed E-state index contributed by atoms with van der Waals surface area (Å²) < 4.78 is 72.9. The van der Waals surface area contributed by atoms with E-state index in [0.717, 1.165) is 29.0 Å². The Morgan fingerprint density at radius 2 is 1.78 bits per heavy atom. The van der Waals surface area contributed by atoms with Crippen molar-refractivity contribution in [1.82, 2.24) is 30.2 Å². The lowest BCUT2D eigenvalue weighted by molar-refractivity contribution is -0.137. The second-order valence-corrected chi connectivity index (χ2v) is 19.5. The number of aliphatic hydroxyl groups excluding tert-OH is 2. The number of carbonyl (C=O) groups excluding carboxylic acids is 4. The maximum absolute atomic E-state index is 13.0. The molecule has 0 aliphatic carbocycles. The molecule has 2 aliphatic rings. The summed E-state index contributed by atoms with van der Waals surface area (Å²) in [5, 5.41) is 28.5. The lowest BCUT2D eigenvalue weighted by Gasteiger charge is -2.30. The Labute approximate surface area is 365 Å². The summed E-state index contributed by atoms with van der Waals surface area (Å²) in [5.74, 6) is -1.85. The van der Waals surface area contributed by atoms with E-state index in [2.05, 4.69) is 46.3 Å². The van der Waals surface area contributed by atoms with E-state index in [9.17, 15) is 62.7 Å². The quantitative estimate of drug-likeness (QED) is 0.0376. The Morgan fingerprint density at radius 1 is 1.08 bits per heavy atom. The molecule has 352 valence electrons. The molecule has 7 atom stereocenters. The number of nitrogen functional groups attached to an aromatic ring is 1. The summed E-state index contributed by atoms with van der Waals surface area (Å²) in [7, 11) is -15.1. The molecule has 64 heavy (non-hydrogen) atoms. The van der Waals surface area contributed by atoms with Gasteiger partial charge in [-0.25, -0.2) is 28.6 Å². The zero-order valence-corrected chi connectivity index (χ0v) is 37.2. The van der Waals surface area contributed by atoms with Crippen molar-refractivity contribution in [3.05, 3.63) is 42.7 Å². The third-order valence-electron chi connectivity index (χ3n) is 8.99. The molecule has 7 unspecified atom stereocenters. The Hall–Kier alpha value is -4.41. The van der Waals surface area contributed by atoms with E-state index in [-0.39, 0.29) is 70.8 Å². The van der Waals surface area contributed by atoms with Crippen LogP contribution in [0.4, 0.5) is 11.5 Å². The number of ether oxygens (including phenoxy) is 3. The number of aliphatic hydroxyl groups is 2. The van der Waals surface area contributed by atoms with Crippen molar-refractivity contribution in [3.8, 4) is 11.5 Å². The highest BCUT2D eigenvalue weighted by Crippen LogP contribution is 2.61. The van der Waals surface area contributed by atoms with Gasteiger partial charge in [0.25, 0.3) is 5.91 Å². The summed E-state index contributed by atoms with van der Waals surface area (Å²) in [4.78, 5) is 101. The number of nitrogens with one attached hydrogen (secondary N) is 3. The topological polar surface area (TPSA) is 411 Å². The van der Waals surface area contributed by atoms with Gasteiger partial charge in [-0.2, -0.15) is 4.31 Å². The number of phosphoric ester groups is 3. The highest BCUT2D eigenvalue weighted by atomic mass is 32.2. The van der Waals surface area contributed by atoms with E-state index in [0.29, 0.717) is 0 Å². The van der Waals surface area contributed by atoms with Crippen LogP contribution >= 0.6 is 35.2 Å². The molecule has 0 spiro atoms. The van der Waals surface area contributed by atoms with Gasteiger partial charge in [-0.3, -0.25) is 37.3 Å². The molecule has 3 amide bonds. The molecule has 4 heterocycles. The van der Waals surface area contributed by atoms with E-state index in [1.54, 1.807) is 0 Å². The molecule has 2 aliphatic heterocycles. The van der Waals surface area contributed by atoms with Crippen molar-refractivity contribution in [2.24, 2.45) is 5.41 Å². The van der Waals surface area contributed by atoms with Gasteiger partial charge in [-0.1, -0.05) is 32.2 Å². The van der Waals surface area contributed by atoms with E-state index < -0.39 is 95.6 Å². The molecule has 1 saturated heterocycles. The largest absolute Gasteiger partial charge is 0.497 e. The van der Waals surface area contributed by atoms with Crippen LogP contribution in [0, 0.1) is 5.41 Å². The molecule has 11 N–H and O–H groups in total. The highest BCUT2D eigenvalue weighted by Gasteiger charge is 2.50. The second kappa shape index (κ2) is 20.4. The molecule has 28 nitrogen and oxygen atoms in total. The first-order valence-corrected chi connectivity index (χ1v) is 23.8. The van der Waals surface area contributed by atoms with E-state index in [1.807, 2.05) is 0 Å². The Bertz CT molecular complexity index is 2440. The first kappa shape index (κ1) is 50.6. The predicted molar refractivity (Wildman–Crippen MR) is 218 cm³/mol. The van der Waals surface area contributed by atoms with Crippen LogP contribution < -0.4 is 31.2 Å². The summed E-state index contributed by atoms with van der Waals surface area (Å²) >= 11 is 0.833. The molecule has 0 bridgehead atoms. The second-order valence-electron chi connectivity index (χ2n) is 14.2. The van der Waals surface area contributed by atoms with Gasteiger partial charge >= 0.3 is 23.5 Å². The maximum Gasteiger partial charge on any atom is 0.481 e. The number of nitrogens with zero attached hydrogens (tertiary/aromatic N) is 4. The van der Waals surface area contributed by atoms with Crippen molar-refractivity contribution < 1.29 is 94.8 Å². The fourth-order valence-corrected chi connectivity index (χ4v) is 9.33. The number of thioether (sulfide) groups is 1. The lowest BCUT2D eigenvalue weighted by Crippen LogP contribution is -2.46. The van der Waals surface area contributed by atoms with Crippen molar-refractivity contribution in [1.29, 1.82) is 0 Å². The first-order chi connectivity index (χ1) is 29.8. The van der Waals surface area contributed by atoms with Gasteiger partial charge in [0.05, 0.1) is 37.9 Å². The van der Waals surface area contributed by atoms with Gasteiger partial charge in [0.2, 0.25) is 16.9 Å². The van der Waals surface area contributed by atoms with Crippen molar-refractivity contribution in [3.63, 3.8) is 0 Å². The third-order valence-corrected chi connectivity index (χ3v) is 13.0. The Morgan fingerprint density at radius 3 is 2.47 bits per heavy atom. The molecule has 0 radical (unpaired) electrons. The molecule has 2 aromatic heterocycles. The number of hydrogen-bond acceptors (Lipinski definition) is 21. The van der Waals surface area contributed by atoms with Crippen molar-refractivity contribution in [2.75, 3.05) is 50.2 Å². The minimum Gasteiger partial charge on any atom is -0.497 e. The number of methoxy groups -OCH3 is 1. The van der Waals surface area contributed by atoms with Gasteiger partial charge in [-0.05, 0) is 6.07 Å².